The molecule has 1 heterocycles. The second-order valence-corrected chi connectivity index (χ2v) is 6.75. The number of para-hydroxylation sites is 1. The van der Waals surface area contributed by atoms with Crippen molar-refractivity contribution < 1.29 is 9.53 Å². The van der Waals surface area contributed by atoms with Crippen LogP contribution in [0.1, 0.15) is 51.0 Å². The van der Waals surface area contributed by atoms with E-state index in [4.69, 9.17) is 4.74 Å². The lowest BCUT2D eigenvalue weighted by molar-refractivity contribution is -0.122. The summed E-state index contributed by atoms with van der Waals surface area (Å²) < 4.78 is 5.74. The number of carbonyl (C=O) groups is 1. The van der Waals surface area contributed by atoms with Crippen molar-refractivity contribution in [3.63, 3.8) is 0 Å². The van der Waals surface area contributed by atoms with Crippen molar-refractivity contribution in [3.05, 3.63) is 29.8 Å². The minimum atomic E-state index is 0.162. The average Bonchev–Trinajstić information content (AvgIpc) is 2.59. The highest BCUT2D eigenvalue weighted by molar-refractivity contribution is 5.76. The van der Waals surface area contributed by atoms with Gasteiger partial charge in [-0.05, 0) is 50.8 Å². The first kappa shape index (κ1) is 18.8. The molecule has 0 radical (unpaired) electrons. The molecule has 4 heteroatoms. The molecule has 2 rings (SSSR count). The summed E-state index contributed by atoms with van der Waals surface area (Å²) in [5.74, 6) is 1.08. The molecule has 1 aromatic rings. The standard InChI is InChI=1S/C20H32N2O2/c1-3-4-13-22-14-11-18(12-15-22)21-20(23)10-7-16-24-19-9-6-5-8-17(19)2/h5-6,8-9,18H,3-4,7,10-16H2,1-2H3,(H,21,23). The van der Waals surface area contributed by atoms with Crippen LogP contribution < -0.4 is 10.1 Å². The van der Waals surface area contributed by atoms with Crippen molar-refractivity contribution in [2.75, 3.05) is 26.2 Å². The number of aryl methyl sites for hydroxylation is 1. The van der Waals surface area contributed by atoms with E-state index in [1.54, 1.807) is 0 Å². The number of rotatable bonds is 9. The molecule has 1 fully saturated rings. The van der Waals surface area contributed by atoms with Gasteiger partial charge >= 0.3 is 0 Å². The summed E-state index contributed by atoms with van der Waals surface area (Å²) in [4.78, 5) is 14.6. The normalized spacial score (nSPS) is 16.1. The molecule has 1 saturated heterocycles. The highest BCUT2D eigenvalue weighted by Gasteiger charge is 2.19. The first-order chi connectivity index (χ1) is 11.7. The number of ether oxygens (including phenoxy) is 1. The molecule has 1 aliphatic heterocycles. The van der Waals surface area contributed by atoms with Gasteiger partial charge in [0.25, 0.3) is 0 Å². The third-order valence-corrected chi connectivity index (χ3v) is 4.68. The third-order valence-electron chi connectivity index (χ3n) is 4.68. The predicted molar refractivity (Wildman–Crippen MR) is 98.4 cm³/mol. The number of nitrogens with one attached hydrogen (secondary N) is 1. The maximum absolute atomic E-state index is 12.1. The first-order valence-corrected chi connectivity index (χ1v) is 9.39. The molecule has 0 spiro atoms. The Kier molecular flexibility index (Phi) is 8.10. The van der Waals surface area contributed by atoms with Crippen molar-refractivity contribution in [3.8, 4) is 5.75 Å². The van der Waals surface area contributed by atoms with E-state index in [9.17, 15) is 4.79 Å². The van der Waals surface area contributed by atoms with Gasteiger partial charge in [0.05, 0.1) is 6.61 Å². The van der Waals surface area contributed by atoms with Gasteiger partial charge in [-0.1, -0.05) is 31.5 Å². The molecule has 1 N–H and O–H groups in total. The molecule has 4 nitrogen and oxygen atoms in total. The van der Waals surface area contributed by atoms with Gasteiger partial charge in [-0.25, -0.2) is 0 Å². The van der Waals surface area contributed by atoms with E-state index in [0.29, 0.717) is 19.1 Å². The van der Waals surface area contributed by atoms with Crippen LogP contribution in [0, 0.1) is 6.92 Å². The van der Waals surface area contributed by atoms with Gasteiger partial charge in [-0.3, -0.25) is 4.79 Å². The van der Waals surface area contributed by atoms with Gasteiger partial charge in [-0.15, -0.1) is 0 Å². The molecule has 0 bridgehead atoms. The number of hydrogen-bond donors (Lipinski definition) is 1. The first-order valence-electron chi connectivity index (χ1n) is 9.39. The Morgan fingerprint density at radius 3 is 2.71 bits per heavy atom. The fourth-order valence-corrected chi connectivity index (χ4v) is 3.12. The third kappa shape index (κ3) is 6.52. The zero-order chi connectivity index (χ0) is 17.2. The van der Waals surface area contributed by atoms with Gasteiger partial charge in [-0.2, -0.15) is 0 Å². The molecule has 24 heavy (non-hydrogen) atoms. The summed E-state index contributed by atoms with van der Waals surface area (Å²) in [6.45, 7) is 8.29. The number of likely N-dealkylation sites (tertiary alicyclic amines) is 1. The summed E-state index contributed by atoms with van der Waals surface area (Å²) >= 11 is 0. The predicted octanol–water partition coefficient (Wildman–Crippen LogP) is 3.53. The summed E-state index contributed by atoms with van der Waals surface area (Å²) in [7, 11) is 0. The number of nitrogens with zero attached hydrogens (tertiary/aromatic N) is 1. The maximum Gasteiger partial charge on any atom is 0.220 e. The quantitative estimate of drug-likeness (QED) is 0.703. The van der Waals surface area contributed by atoms with Crippen LogP contribution in [0.4, 0.5) is 0 Å². The SMILES string of the molecule is CCCCN1CCC(NC(=O)CCCOc2ccccc2C)CC1. The van der Waals surface area contributed by atoms with Crippen molar-refractivity contribution in [2.45, 2.75) is 58.4 Å². The Morgan fingerprint density at radius 2 is 2.00 bits per heavy atom. The lowest BCUT2D eigenvalue weighted by Gasteiger charge is -2.32. The number of carbonyl (C=O) groups excluding carboxylic acids is 1. The molecule has 1 aliphatic rings. The summed E-state index contributed by atoms with van der Waals surface area (Å²) in [5, 5.41) is 3.18. The van der Waals surface area contributed by atoms with Crippen LogP contribution in [0.3, 0.4) is 0 Å². The van der Waals surface area contributed by atoms with Crippen LogP contribution in [0.25, 0.3) is 0 Å². The van der Waals surface area contributed by atoms with Crippen LogP contribution >= 0.6 is 0 Å². The second-order valence-electron chi connectivity index (χ2n) is 6.75. The van der Waals surface area contributed by atoms with Crippen molar-refractivity contribution in [2.24, 2.45) is 0 Å². The fraction of sp³-hybridized carbons (Fsp3) is 0.650. The lowest BCUT2D eigenvalue weighted by atomic mass is 10.0. The molecular weight excluding hydrogens is 300 g/mol. The van der Waals surface area contributed by atoms with Crippen LogP contribution in [-0.2, 0) is 4.79 Å². The smallest absolute Gasteiger partial charge is 0.220 e. The van der Waals surface area contributed by atoms with Crippen molar-refractivity contribution >= 4 is 5.91 Å². The van der Waals surface area contributed by atoms with Crippen LogP contribution in [0.15, 0.2) is 24.3 Å². The van der Waals surface area contributed by atoms with E-state index in [0.717, 1.165) is 43.7 Å². The van der Waals surface area contributed by atoms with Gasteiger partial charge in [0.15, 0.2) is 0 Å². The van der Waals surface area contributed by atoms with Gasteiger partial charge in [0.1, 0.15) is 5.75 Å². The minimum Gasteiger partial charge on any atom is -0.493 e. The molecule has 0 atom stereocenters. The topological polar surface area (TPSA) is 41.6 Å². The van der Waals surface area contributed by atoms with Gasteiger partial charge in [0, 0.05) is 25.6 Å². The van der Waals surface area contributed by atoms with E-state index < -0.39 is 0 Å². The molecule has 0 saturated carbocycles. The van der Waals surface area contributed by atoms with E-state index in [-0.39, 0.29) is 5.91 Å². The Labute approximate surface area is 146 Å². The maximum atomic E-state index is 12.1. The minimum absolute atomic E-state index is 0.162. The molecule has 0 unspecified atom stereocenters. The second kappa shape index (κ2) is 10.3. The van der Waals surface area contributed by atoms with Crippen LogP contribution in [-0.4, -0.2) is 43.1 Å². The van der Waals surface area contributed by atoms with Gasteiger partial charge < -0.3 is 15.0 Å². The molecule has 1 amide bonds. The number of amides is 1. The van der Waals surface area contributed by atoms with Crippen molar-refractivity contribution in [1.29, 1.82) is 0 Å². The summed E-state index contributed by atoms with van der Waals surface area (Å²) in [6.07, 6.45) is 5.99. The number of piperidine rings is 1. The summed E-state index contributed by atoms with van der Waals surface area (Å²) in [6, 6.07) is 8.34. The molecule has 134 valence electrons. The average molecular weight is 332 g/mol. The highest BCUT2D eigenvalue weighted by atomic mass is 16.5. The Bertz CT molecular complexity index is 496. The summed E-state index contributed by atoms with van der Waals surface area (Å²) in [5.41, 5.74) is 1.14. The van der Waals surface area contributed by atoms with Crippen LogP contribution in [0.2, 0.25) is 0 Å². The molecule has 0 aliphatic carbocycles. The zero-order valence-corrected chi connectivity index (χ0v) is 15.2. The number of unbranched alkanes of at least 4 members (excludes halogenated alkanes) is 1. The lowest BCUT2D eigenvalue weighted by Crippen LogP contribution is -2.44. The molecule has 1 aromatic carbocycles. The Hall–Kier alpha value is -1.55. The zero-order valence-electron chi connectivity index (χ0n) is 15.2. The van der Waals surface area contributed by atoms with Crippen LogP contribution in [0.5, 0.6) is 5.75 Å². The monoisotopic (exact) mass is 332 g/mol. The van der Waals surface area contributed by atoms with E-state index in [2.05, 4.69) is 17.1 Å². The Morgan fingerprint density at radius 1 is 1.25 bits per heavy atom. The fourth-order valence-electron chi connectivity index (χ4n) is 3.12. The van der Waals surface area contributed by atoms with E-state index in [1.165, 1.54) is 19.4 Å². The van der Waals surface area contributed by atoms with Gasteiger partial charge in [0.2, 0.25) is 5.91 Å². The Balaban J connectivity index is 1.56. The largest absolute Gasteiger partial charge is 0.493 e. The van der Waals surface area contributed by atoms with Crippen molar-refractivity contribution in [1.82, 2.24) is 10.2 Å². The highest BCUT2D eigenvalue weighted by Crippen LogP contribution is 2.16. The van der Waals surface area contributed by atoms with E-state index >= 15 is 0 Å². The number of hydrogen-bond acceptors (Lipinski definition) is 3. The van der Waals surface area contributed by atoms with E-state index in [1.807, 2.05) is 31.2 Å². The number of benzene rings is 1. The molecule has 0 aromatic heterocycles. The molecular formula is C20H32N2O2.